The summed E-state index contributed by atoms with van der Waals surface area (Å²) in [6.45, 7) is 0. The monoisotopic (exact) mass is 260 g/mol. The number of rotatable bonds is 4. The fourth-order valence-corrected chi connectivity index (χ4v) is 1.60. The third-order valence-corrected chi connectivity index (χ3v) is 2.49. The summed E-state index contributed by atoms with van der Waals surface area (Å²) in [5.41, 5.74) is 0.706. The molecule has 0 fully saturated rings. The number of nitrogens with zero attached hydrogens (tertiary/aromatic N) is 2. The molecule has 96 valence electrons. The van der Waals surface area contributed by atoms with Crippen LogP contribution in [-0.4, -0.2) is 11.1 Å². The first kappa shape index (κ1) is 12.7. The third-order valence-electron chi connectivity index (χ3n) is 2.49. The Kier molecular flexibility index (Phi) is 3.51. The molecule has 2 rings (SSSR count). The van der Waals surface area contributed by atoms with Crippen molar-refractivity contribution in [2.45, 2.75) is 0 Å². The van der Waals surface area contributed by atoms with Gasteiger partial charge in [0.15, 0.2) is 0 Å². The van der Waals surface area contributed by atoms with Gasteiger partial charge in [0.1, 0.15) is 5.82 Å². The van der Waals surface area contributed by atoms with Crippen molar-refractivity contribution in [3.05, 3.63) is 64.8 Å². The number of hydrogen-bond donors (Lipinski definition) is 1. The number of halogens is 1. The standard InChI is InChI=1S/C13H9FN2O3/c14-10-2-1-3-12(8-10)16(15-19)11-6-4-9(5-7-11)13(17)18/h1-8H,(H,17,18). The summed E-state index contributed by atoms with van der Waals surface area (Å²) in [7, 11) is 0. The molecule has 0 atom stereocenters. The number of anilines is 2. The lowest BCUT2D eigenvalue weighted by Gasteiger charge is -2.15. The number of nitroso groups, excluding NO2 is 1. The Morgan fingerprint density at radius 2 is 1.79 bits per heavy atom. The van der Waals surface area contributed by atoms with Crippen LogP contribution in [0.3, 0.4) is 0 Å². The Bertz CT molecular complexity index is 614. The van der Waals surface area contributed by atoms with Crippen LogP contribution in [0.15, 0.2) is 53.8 Å². The summed E-state index contributed by atoms with van der Waals surface area (Å²) in [5, 5.41) is 12.6. The summed E-state index contributed by atoms with van der Waals surface area (Å²) < 4.78 is 13.1. The van der Waals surface area contributed by atoms with Crippen molar-refractivity contribution in [2.24, 2.45) is 5.29 Å². The van der Waals surface area contributed by atoms with Gasteiger partial charge in [0.25, 0.3) is 0 Å². The van der Waals surface area contributed by atoms with Gasteiger partial charge >= 0.3 is 5.97 Å². The first-order valence-corrected chi connectivity index (χ1v) is 5.34. The van der Waals surface area contributed by atoms with Gasteiger partial charge < -0.3 is 5.11 Å². The van der Waals surface area contributed by atoms with E-state index in [4.69, 9.17) is 5.11 Å². The van der Waals surface area contributed by atoms with Crippen LogP contribution in [0.4, 0.5) is 15.8 Å². The summed E-state index contributed by atoms with van der Waals surface area (Å²) in [6.07, 6.45) is 0. The second kappa shape index (κ2) is 5.26. The van der Waals surface area contributed by atoms with E-state index in [1.807, 2.05) is 0 Å². The van der Waals surface area contributed by atoms with Crippen LogP contribution in [0.1, 0.15) is 10.4 Å². The zero-order valence-electron chi connectivity index (χ0n) is 9.65. The second-order valence-electron chi connectivity index (χ2n) is 3.73. The highest BCUT2D eigenvalue weighted by atomic mass is 19.1. The van der Waals surface area contributed by atoms with Gasteiger partial charge in [-0.15, -0.1) is 4.91 Å². The van der Waals surface area contributed by atoms with E-state index in [0.717, 1.165) is 11.1 Å². The van der Waals surface area contributed by atoms with Gasteiger partial charge in [-0.1, -0.05) is 6.07 Å². The maximum absolute atomic E-state index is 13.1. The van der Waals surface area contributed by atoms with Gasteiger partial charge in [-0.25, -0.2) is 9.18 Å². The van der Waals surface area contributed by atoms with Crippen LogP contribution < -0.4 is 5.01 Å². The van der Waals surface area contributed by atoms with Gasteiger partial charge in [-0.3, -0.25) is 0 Å². The van der Waals surface area contributed by atoms with E-state index in [1.165, 1.54) is 42.5 Å². The van der Waals surface area contributed by atoms with E-state index in [9.17, 15) is 14.1 Å². The molecule has 1 N–H and O–H groups in total. The lowest BCUT2D eigenvalue weighted by Crippen LogP contribution is -2.08. The van der Waals surface area contributed by atoms with Crippen molar-refractivity contribution in [3.8, 4) is 0 Å². The number of benzene rings is 2. The minimum Gasteiger partial charge on any atom is -0.478 e. The molecule has 0 bridgehead atoms. The molecule has 0 saturated heterocycles. The molecule has 0 aliphatic heterocycles. The number of carboxylic acid groups (broad SMARTS) is 1. The lowest BCUT2D eigenvalue weighted by molar-refractivity contribution is 0.0697. The number of carbonyl (C=O) groups is 1. The number of carboxylic acids is 1. The van der Waals surface area contributed by atoms with E-state index in [2.05, 4.69) is 5.29 Å². The Morgan fingerprint density at radius 3 is 2.32 bits per heavy atom. The third kappa shape index (κ3) is 2.74. The van der Waals surface area contributed by atoms with Gasteiger partial charge in [0.2, 0.25) is 0 Å². The predicted molar refractivity (Wildman–Crippen MR) is 67.7 cm³/mol. The first-order chi connectivity index (χ1) is 9.11. The highest BCUT2D eigenvalue weighted by Crippen LogP contribution is 2.26. The average molecular weight is 260 g/mol. The van der Waals surface area contributed by atoms with Crippen LogP contribution >= 0.6 is 0 Å². The maximum atomic E-state index is 13.1. The van der Waals surface area contributed by atoms with E-state index in [0.29, 0.717) is 5.69 Å². The molecular weight excluding hydrogens is 251 g/mol. The number of hydrogen-bond acceptors (Lipinski definition) is 3. The fraction of sp³-hybridized carbons (Fsp3) is 0. The van der Waals surface area contributed by atoms with E-state index in [-0.39, 0.29) is 11.3 Å². The molecule has 2 aromatic rings. The van der Waals surface area contributed by atoms with E-state index < -0.39 is 11.8 Å². The summed E-state index contributed by atoms with van der Waals surface area (Å²) in [6, 6.07) is 10.9. The summed E-state index contributed by atoms with van der Waals surface area (Å²) in [5.74, 6) is -1.56. The van der Waals surface area contributed by atoms with Crippen LogP contribution in [0, 0.1) is 10.7 Å². The molecule has 0 spiro atoms. The highest BCUT2D eigenvalue weighted by Gasteiger charge is 2.11. The average Bonchev–Trinajstić information content (AvgIpc) is 2.40. The largest absolute Gasteiger partial charge is 0.478 e. The Balaban J connectivity index is 2.37. The molecule has 0 aliphatic carbocycles. The van der Waals surface area contributed by atoms with Crippen molar-refractivity contribution in [1.82, 2.24) is 0 Å². The SMILES string of the molecule is O=NN(c1ccc(C(=O)O)cc1)c1cccc(F)c1. The highest BCUT2D eigenvalue weighted by molar-refractivity contribution is 5.88. The van der Waals surface area contributed by atoms with Crippen molar-refractivity contribution in [3.63, 3.8) is 0 Å². The molecule has 0 unspecified atom stereocenters. The van der Waals surface area contributed by atoms with E-state index in [1.54, 1.807) is 0 Å². The summed E-state index contributed by atoms with van der Waals surface area (Å²) in [4.78, 5) is 21.6. The zero-order chi connectivity index (χ0) is 13.8. The van der Waals surface area contributed by atoms with Crippen LogP contribution in [0.2, 0.25) is 0 Å². The topological polar surface area (TPSA) is 70.0 Å². The normalized spacial score (nSPS) is 9.95. The minimum atomic E-state index is -1.07. The summed E-state index contributed by atoms with van der Waals surface area (Å²) >= 11 is 0. The Labute approximate surface area is 107 Å². The first-order valence-electron chi connectivity index (χ1n) is 5.34. The minimum absolute atomic E-state index is 0.0915. The lowest BCUT2D eigenvalue weighted by atomic mass is 10.2. The van der Waals surface area contributed by atoms with Crippen LogP contribution in [0.25, 0.3) is 0 Å². The fourth-order valence-electron chi connectivity index (χ4n) is 1.60. The zero-order valence-corrected chi connectivity index (χ0v) is 9.65. The van der Waals surface area contributed by atoms with Crippen molar-refractivity contribution >= 4 is 17.3 Å². The van der Waals surface area contributed by atoms with Crippen molar-refractivity contribution in [1.29, 1.82) is 0 Å². The second-order valence-corrected chi connectivity index (χ2v) is 3.73. The maximum Gasteiger partial charge on any atom is 0.335 e. The predicted octanol–water partition coefficient (Wildman–Crippen LogP) is 3.34. The molecule has 0 heterocycles. The Morgan fingerprint density at radius 1 is 1.11 bits per heavy atom. The van der Waals surface area contributed by atoms with Crippen LogP contribution in [0.5, 0.6) is 0 Å². The molecule has 6 heteroatoms. The van der Waals surface area contributed by atoms with Gasteiger partial charge in [0, 0.05) is 0 Å². The number of aromatic carboxylic acids is 1. The van der Waals surface area contributed by atoms with Crippen molar-refractivity contribution < 1.29 is 14.3 Å². The molecule has 0 aliphatic rings. The van der Waals surface area contributed by atoms with Gasteiger partial charge in [0.05, 0.1) is 22.2 Å². The Hall–Kier alpha value is -2.76. The molecule has 5 nitrogen and oxygen atoms in total. The van der Waals surface area contributed by atoms with Gasteiger partial charge in [-0.2, -0.15) is 5.01 Å². The van der Waals surface area contributed by atoms with Crippen LogP contribution in [-0.2, 0) is 0 Å². The molecule has 19 heavy (non-hydrogen) atoms. The smallest absolute Gasteiger partial charge is 0.335 e. The molecule has 0 radical (unpaired) electrons. The van der Waals surface area contributed by atoms with E-state index >= 15 is 0 Å². The van der Waals surface area contributed by atoms with Gasteiger partial charge in [-0.05, 0) is 42.5 Å². The molecule has 0 aromatic heterocycles. The quantitative estimate of drug-likeness (QED) is 0.676. The van der Waals surface area contributed by atoms with Crippen molar-refractivity contribution in [2.75, 3.05) is 5.01 Å². The molecule has 0 saturated carbocycles. The molecule has 2 aromatic carbocycles. The molecular formula is C13H9FN2O3. The molecule has 0 amide bonds.